The predicted octanol–water partition coefficient (Wildman–Crippen LogP) is 5.65. The van der Waals surface area contributed by atoms with Crippen molar-refractivity contribution in [2.75, 3.05) is 0 Å². The molecule has 0 saturated heterocycles. The molecule has 3 rings (SSSR count). The van der Waals surface area contributed by atoms with E-state index in [-0.39, 0.29) is 0 Å². The van der Waals surface area contributed by atoms with Crippen molar-refractivity contribution in [2.24, 2.45) is 17.3 Å². The van der Waals surface area contributed by atoms with Crippen LogP contribution in [0.25, 0.3) is 0 Å². The fourth-order valence-electron chi connectivity index (χ4n) is 3.54. The lowest BCUT2D eigenvalue weighted by Crippen LogP contribution is -1.93. The summed E-state index contributed by atoms with van der Waals surface area (Å²) in [5.74, 6) is 2.52. The second-order valence-electron chi connectivity index (χ2n) is 7.49. The Morgan fingerprint density at radius 1 is 1.14 bits per heavy atom. The maximum atomic E-state index is 5.77. The lowest BCUT2D eigenvalue weighted by atomic mass is 10.0. The van der Waals surface area contributed by atoms with Gasteiger partial charge in [0.05, 0.1) is 6.26 Å². The fraction of sp³-hybridized carbons (Fsp3) is 0.429. The molecule has 0 radical (unpaired) electrons. The van der Waals surface area contributed by atoms with Crippen LogP contribution in [-0.4, -0.2) is 0 Å². The Bertz CT molecular complexity index is 656. The normalized spacial score (nSPS) is 22.4. The summed E-state index contributed by atoms with van der Waals surface area (Å²) in [6.45, 7) is 9.15. The summed E-state index contributed by atoms with van der Waals surface area (Å²) >= 11 is 0. The Balaban J connectivity index is 1.64. The van der Waals surface area contributed by atoms with Gasteiger partial charge in [-0.2, -0.15) is 0 Å². The maximum absolute atomic E-state index is 5.77. The highest BCUT2D eigenvalue weighted by atomic mass is 16.3. The summed E-state index contributed by atoms with van der Waals surface area (Å²) in [6, 6.07) is 12.7. The number of allylic oxidation sites excluding steroid dienone is 2. The molecule has 1 fully saturated rings. The molecule has 1 heteroatoms. The molecular formula is C21H26O. The Morgan fingerprint density at radius 2 is 1.86 bits per heavy atom. The van der Waals surface area contributed by atoms with Crippen molar-refractivity contribution in [3.8, 4) is 0 Å². The Morgan fingerprint density at radius 3 is 2.55 bits per heavy atom. The van der Waals surface area contributed by atoms with Gasteiger partial charge in [0.25, 0.3) is 0 Å². The standard InChI is InChI=1S/C21H26O/c1-15(2)10-19-20(21(19,3)4)13-17-12-18(22-14-17)11-16-8-6-5-7-9-16/h5-10,12,14,19-20H,11,13H2,1-4H3. The van der Waals surface area contributed by atoms with Crippen LogP contribution < -0.4 is 0 Å². The smallest absolute Gasteiger partial charge is 0.108 e. The molecule has 2 aromatic rings. The first kappa shape index (κ1) is 15.1. The Hall–Kier alpha value is -1.76. The summed E-state index contributed by atoms with van der Waals surface area (Å²) in [7, 11) is 0. The van der Waals surface area contributed by atoms with Crippen LogP contribution in [0.3, 0.4) is 0 Å². The molecule has 1 aliphatic carbocycles. The van der Waals surface area contributed by atoms with Gasteiger partial charge in [-0.25, -0.2) is 0 Å². The molecule has 2 atom stereocenters. The van der Waals surface area contributed by atoms with E-state index in [1.807, 2.05) is 6.26 Å². The maximum Gasteiger partial charge on any atom is 0.108 e. The van der Waals surface area contributed by atoms with Crippen LogP contribution in [0.15, 0.2) is 58.7 Å². The van der Waals surface area contributed by atoms with E-state index >= 15 is 0 Å². The van der Waals surface area contributed by atoms with Crippen molar-refractivity contribution in [1.29, 1.82) is 0 Å². The van der Waals surface area contributed by atoms with Crippen LogP contribution >= 0.6 is 0 Å². The highest BCUT2D eigenvalue weighted by molar-refractivity contribution is 5.26. The predicted molar refractivity (Wildman–Crippen MR) is 91.9 cm³/mol. The molecule has 0 bridgehead atoms. The van der Waals surface area contributed by atoms with Gasteiger partial charge in [0, 0.05) is 6.42 Å². The molecule has 22 heavy (non-hydrogen) atoms. The second-order valence-corrected chi connectivity index (χ2v) is 7.49. The molecule has 1 aliphatic rings. The van der Waals surface area contributed by atoms with E-state index in [1.165, 1.54) is 16.7 Å². The van der Waals surface area contributed by atoms with E-state index in [0.717, 1.165) is 24.5 Å². The van der Waals surface area contributed by atoms with Crippen molar-refractivity contribution >= 4 is 0 Å². The lowest BCUT2D eigenvalue weighted by molar-refractivity contribution is 0.514. The molecule has 1 heterocycles. The van der Waals surface area contributed by atoms with Gasteiger partial charge in [-0.15, -0.1) is 0 Å². The van der Waals surface area contributed by atoms with E-state index in [9.17, 15) is 0 Å². The summed E-state index contributed by atoms with van der Waals surface area (Å²) < 4.78 is 5.77. The number of hydrogen-bond donors (Lipinski definition) is 0. The third-order valence-corrected chi connectivity index (χ3v) is 5.04. The van der Waals surface area contributed by atoms with Gasteiger partial charge in [-0.1, -0.05) is 55.8 Å². The van der Waals surface area contributed by atoms with E-state index in [1.54, 1.807) is 0 Å². The molecule has 1 nitrogen and oxygen atoms in total. The highest BCUT2D eigenvalue weighted by Gasteiger charge is 2.55. The fourth-order valence-corrected chi connectivity index (χ4v) is 3.54. The molecule has 2 unspecified atom stereocenters. The summed E-state index contributed by atoms with van der Waals surface area (Å²) in [5.41, 5.74) is 4.50. The van der Waals surface area contributed by atoms with E-state index in [0.29, 0.717) is 11.3 Å². The van der Waals surface area contributed by atoms with Gasteiger partial charge in [0.1, 0.15) is 5.76 Å². The summed E-state index contributed by atoms with van der Waals surface area (Å²) in [4.78, 5) is 0. The third-order valence-electron chi connectivity index (χ3n) is 5.04. The monoisotopic (exact) mass is 294 g/mol. The molecule has 0 aliphatic heterocycles. The number of furan rings is 1. The van der Waals surface area contributed by atoms with Gasteiger partial charge >= 0.3 is 0 Å². The zero-order valence-corrected chi connectivity index (χ0v) is 14.1. The third kappa shape index (κ3) is 3.19. The molecule has 0 spiro atoms. The minimum Gasteiger partial charge on any atom is -0.469 e. The topological polar surface area (TPSA) is 13.1 Å². The first-order valence-electron chi connectivity index (χ1n) is 8.22. The van der Waals surface area contributed by atoms with Crippen LogP contribution in [0.4, 0.5) is 0 Å². The molecule has 0 amide bonds. The van der Waals surface area contributed by atoms with E-state index in [4.69, 9.17) is 4.42 Å². The number of benzene rings is 1. The van der Waals surface area contributed by atoms with Crippen molar-refractivity contribution in [3.63, 3.8) is 0 Å². The average Bonchev–Trinajstić information content (AvgIpc) is 2.82. The van der Waals surface area contributed by atoms with Crippen molar-refractivity contribution in [3.05, 3.63) is 71.2 Å². The molecule has 0 N–H and O–H groups in total. The molecular weight excluding hydrogens is 268 g/mol. The van der Waals surface area contributed by atoms with Crippen molar-refractivity contribution in [1.82, 2.24) is 0 Å². The average molecular weight is 294 g/mol. The zero-order chi connectivity index (χ0) is 15.7. The minimum absolute atomic E-state index is 0.425. The molecule has 116 valence electrons. The van der Waals surface area contributed by atoms with Crippen LogP contribution in [0.5, 0.6) is 0 Å². The van der Waals surface area contributed by atoms with Crippen molar-refractivity contribution in [2.45, 2.75) is 40.5 Å². The van der Waals surface area contributed by atoms with E-state index < -0.39 is 0 Å². The summed E-state index contributed by atoms with van der Waals surface area (Å²) in [5, 5.41) is 0. The number of rotatable bonds is 5. The first-order valence-corrected chi connectivity index (χ1v) is 8.22. The van der Waals surface area contributed by atoms with E-state index in [2.05, 4.69) is 70.2 Å². The largest absolute Gasteiger partial charge is 0.469 e. The highest BCUT2D eigenvalue weighted by Crippen LogP contribution is 2.60. The van der Waals surface area contributed by atoms with Gasteiger partial charge in [-0.05, 0) is 54.7 Å². The minimum atomic E-state index is 0.425. The Labute approximate surface area is 134 Å². The van der Waals surface area contributed by atoms with Crippen LogP contribution in [0.2, 0.25) is 0 Å². The van der Waals surface area contributed by atoms with Gasteiger partial charge in [-0.3, -0.25) is 0 Å². The van der Waals surface area contributed by atoms with Gasteiger partial charge < -0.3 is 4.42 Å². The quantitative estimate of drug-likeness (QED) is 0.649. The van der Waals surface area contributed by atoms with Crippen LogP contribution in [-0.2, 0) is 12.8 Å². The Kier molecular flexibility index (Phi) is 3.99. The molecule has 1 aromatic carbocycles. The van der Waals surface area contributed by atoms with Crippen LogP contribution in [0, 0.1) is 17.3 Å². The second kappa shape index (κ2) is 5.79. The lowest BCUT2D eigenvalue weighted by Gasteiger charge is -2.00. The number of hydrogen-bond acceptors (Lipinski definition) is 1. The van der Waals surface area contributed by atoms with Crippen LogP contribution in [0.1, 0.15) is 44.6 Å². The van der Waals surface area contributed by atoms with Gasteiger partial charge in [0.15, 0.2) is 0 Å². The van der Waals surface area contributed by atoms with Gasteiger partial charge in [0.2, 0.25) is 0 Å². The first-order chi connectivity index (χ1) is 10.5. The molecule has 1 saturated carbocycles. The zero-order valence-electron chi connectivity index (χ0n) is 14.1. The molecule has 1 aromatic heterocycles. The SMILES string of the molecule is CC(C)=CC1C(Cc2coc(Cc3ccccc3)c2)C1(C)C. The summed E-state index contributed by atoms with van der Waals surface area (Å²) in [6.07, 6.45) is 6.40. The van der Waals surface area contributed by atoms with Crippen molar-refractivity contribution < 1.29 is 4.42 Å².